The number of nitrogens with zero attached hydrogens (tertiary/aromatic N) is 3. The van der Waals surface area contributed by atoms with Gasteiger partial charge in [-0.15, -0.1) is 0 Å². The lowest BCUT2D eigenvalue weighted by Gasteiger charge is -2.30. The molecule has 35 heavy (non-hydrogen) atoms. The third-order valence-corrected chi connectivity index (χ3v) is 6.33. The van der Waals surface area contributed by atoms with Gasteiger partial charge in [-0.3, -0.25) is 9.80 Å². The maximum absolute atomic E-state index is 6.16. The van der Waals surface area contributed by atoms with Crippen LogP contribution in [0, 0.1) is 0 Å². The van der Waals surface area contributed by atoms with Crippen molar-refractivity contribution >= 4 is 0 Å². The summed E-state index contributed by atoms with van der Waals surface area (Å²) in [6.07, 6.45) is 2.96. The predicted molar refractivity (Wildman–Crippen MR) is 134 cm³/mol. The zero-order valence-corrected chi connectivity index (χ0v) is 20.1. The fourth-order valence-electron chi connectivity index (χ4n) is 4.47. The standard InChI is InChI=1S/C28H33N3O4/c1-2-9-24(10-3-1)35-28-23(8-6-13-29-28)21-32-19-18-30-14-7-15-31(17-16-30)20-25-22-33-26-11-4-5-12-27(26)34-25/h1-6,8-13,25H,7,14-22H2. The monoisotopic (exact) mass is 475 g/mol. The lowest BCUT2D eigenvalue weighted by atomic mass is 10.2. The van der Waals surface area contributed by atoms with Crippen LogP contribution in [-0.2, 0) is 11.3 Å². The first kappa shape index (κ1) is 23.6. The number of para-hydroxylation sites is 3. The molecule has 0 amide bonds. The van der Waals surface area contributed by atoms with Crippen LogP contribution >= 0.6 is 0 Å². The number of fused-ring (bicyclic) bond motifs is 1. The van der Waals surface area contributed by atoms with Crippen LogP contribution in [0.2, 0.25) is 0 Å². The summed E-state index contributed by atoms with van der Waals surface area (Å²) in [6.45, 7) is 7.79. The van der Waals surface area contributed by atoms with E-state index in [4.69, 9.17) is 18.9 Å². The molecule has 0 spiro atoms. The third-order valence-electron chi connectivity index (χ3n) is 6.33. The molecular formula is C28H33N3O4. The van der Waals surface area contributed by atoms with E-state index in [9.17, 15) is 0 Å². The Morgan fingerprint density at radius 1 is 0.857 bits per heavy atom. The Morgan fingerprint density at radius 2 is 1.66 bits per heavy atom. The molecule has 3 aromatic rings. The highest BCUT2D eigenvalue weighted by Gasteiger charge is 2.24. The Hall–Kier alpha value is -3.13. The van der Waals surface area contributed by atoms with E-state index in [0.717, 1.165) is 68.5 Å². The molecule has 0 radical (unpaired) electrons. The van der Waals surface area contributed by atoms with Crippen LogP contribution in [-0.4, -0.2) is 73.4 Å². The molecule has 1 unspecified atom stereocenters. The van der Waals surface area contributed by atoms with Gasteiger partial charge in [0.25, 0.3) is 0 Å². The average Bonchev–Trinajstić information content (AvgIpc) is 3.13. The summed E-state index contributed by atoms with van der Waals surface area (Å²) in [4.78, 5) is 9.36. The van der Waals surface area contributed by atoms with Crippen molar-refractivity contribution in [2.75, 3.05) is 52.5 Å². The number of ether oxygens (including phenoxy) is 4. The molecule has 7 nitrogen and oxygen atoms in total. The third kappa shape index (κ3) is 6.72. The smallest absolute Gasteiger partial charge is 0.224 e. The Labute approximate surface area is 207 Å². The summed E-state index contributed by atoms with van der Waals surface area (Å²) in [5, 5.41) is 0. The topological polar surface area (TPSA) is 56.3 Å². The molecule has 0 aliphatic carbocycles. The fourth-order valence-corrected chi connectivity index (χ4v) is 4.47. The van der Waals surface area contributed by atoms with Crippen molar-refractivity contribution in [3.05, 3.63) is 78.5 Å². The van der Waals surface area contributed by atoms with Crippen molar-refractivity contribution in [3.8, 4) is 23.1 Å². The van der Waals surface area contributed by atoms with Gasteiger partial charge in [0.15, 0.2) is 11.5 Å². The molecule has 5 rings (SSSR count). The van der Waals surface area contributed by atoms with Gasteiger partial charge in [0, 0.05) is 37.9 Å². The SMILES string of the molecule is c1ccc(Oc2ncccc2COCCN2CCCN(CC3COc4ccccc4O3)CC2)cc1. The normalized spacial score (nSPS) is 18.7. The second-order valence-electron chi connectivity index (χ2n) is 8.93. The first-order chi connectivity index (χ1) is 17.3. The second kappa shape index (κ2) is 12.0. The molecule has 2 aliphatic rings. The van der Waals surface area contributed by atoms with Gasteiger partial charge < -0.3 is 18.9 Å². The van der Waals surface area contributed by atoms with Crippen molar-refractivity contribution in [2.45, 2.75) is 19.1 Å². The summed E-state index contributed by atoms with van der Waals surface area (Å²) in [6, 6.07) is 21.5. The highest BCUT2D eigenvalue weighted by molar-refractivity contribution is 5.40. The molecule has 1 atom stereocenters. The van der Waals surface area contributed by atoms with Gasteiger partial charge in [0.2, 0.25) is 5.88 Å². The van der Waals surface area contributed by atoms with Crippen molar-refractivity contribution in [3.63, 3.8) is 0 Å². The first-order valence-electron chi connectivity index (χ1n) is 12.4. The van der Waals surface area contributed by atoms with Crippen LogP contribution in [0.1, 0.15) is 12.0 Å². The predicted octanol–water partition coefficient (Wildman–Crippen LogP) is 4.24. The number of hydrogen-bond donors (Lipinski definition) is 0. The van der Waals surface area contributed by atoms with Gasteiger partial charge in [0.05, 0.1) is 13.2 Å². The molecule has 0 bridgehead atoms. The summed E-state index contributed by atoms with van der Waals surface area (Å²) < 4.78 is 24.0. The van der Waals surface area contributed by atoms with Crippen LogP contribution in [0.4, 0.5) is 0 Å². The maximum Gasteiger partial charge on any atom is 0.224 e. The summed E-state index contributed by atoms with van der Waals surface area (Å²) >= 11 is 0. The largest absolute Gasteiger partial charge is 0.486 e. The van der Waals surface area contributed by atoms with Gasteiger partial charge >= 0.3 is 0 Å². The Kier molecular flexibility index (Phi) is 8.11. The lowest BCUT2D eigenvalue weighted by Crippen LogP contribution is -2.42. The van der Waals surface area contributed by atoms with Crippen LogP contribution in [0.5, 0.6) is 23.1 Å². The average molecular weight is 476 g/mol. The Balaban J connectivity index is 1.03. The number of hydrogen-bond acceptors (Lipinski definition) is 7. The molecule has 184 valence electrons. The summed E-state index contributed by atoms with van der Waals surface area (Å²) in [5.74, 6) is 3.07. The number of rotatable bonds is 9. The minimum atomic E-state index is 0.0755. The zero-order chi connectivity index (χ0) is 23.7. The van der Waals surface area contributed by atoms with Crippen LogP contribution < -0.4 is 14.2 Å². The van der Waals surface area contributed by atoms with E-state index in [-0.39, 0.29) is 6.10 Å². The van der Waals surface area contributed by atoms with E-state index in [0.29, 0.717) is 25.7 Å². The van der Waals surface area contributed by atoms with Gasteiger partial charge in [-0.25, -0.2) is 4.98 Å². The zero-order valence-electron chi connectivity index (χ0n) is 20.1. The van der Waals surface area contributed by atoms with E-state index in [2.05, 4.69) is 14.8 Å². The van der Waals surface area contributed by atoms with E-state index in [1.807, 2.05) is 66.7 Å². The fraction of sp³-hybridized carbons (Fsp3) is 0.393. The van der Waals surface area contributed by atoms with Crippen LogP contribution in [0.15, 0.2) is 72.9 Å². The summed E-state index contributed by atoms with van der Waals surface area (Å²) in [7, 11) is 0. The maximum atomic E-state index is 6.16. The van der Waals surface area contributed by atoms with Gasteiger partial charge in [-0.1, -0.05) is 30.3 Å². The molecule has 0 N–H and O–H groups in total. The Morgan fingerprint density at radius 3 is 2.57 bits per heavy atom. The van der Waals surface area contributed by atoms with E-state index in [1.165, 1.54) is 0 Å². The summed E-state index contributed by atoms with van der Waals surface area (Å²) in [5.41, 5.74) is 0.953. The quantitative estimate of drug-likeness (QED) is 0.429. The van der Waals surface area contributed by atoms with Crippen molar-refractivity contribution in [1.82, 2.24) is 14.8 Å². The molecule has 2 aliphatic heterocycles. The molecule has 1 aromatic heterocycles. The molecular weight excluding hydrogens is 442 g/mol. The van der Waals surface area contributed by atoms with Crippen molar-refractivity contribution in [1.29, 1.82) is 0 Å². The van der Waals surface area contributed by atoms with E-state index in [1.54, 1.807) is 6.20 Å². The highest BCUT2D eigenvalue weighted by atomic mass is 16.6. The molecule has 1 fully saturated rings. The molecule has 0 saturated carbocycles. The molecule has 3 heterocycles. The van der Waals surface area contributed by atoms with Gasteiger partial charge in [-0.2, -0.15) is 0 Å². The molecule has 1 saturated heterocycles. The second-order valence-corrected chi connectivity index (χ2v) is 8.93. The van der Waals surface area contributed by atoms with Crippen molar-refractivity contribution in [2.24, 2.45) is 0 Å². The van der Waals surface area contributed by atoms with Crippen LogP contribution in [0.3, 0.4) is 0 Å². The molecule has 7 heteroatoms. The van der Waals surface area contributed by atoms with E-state index >= 15 is 0 Å². The number of pyridine rings is 1. The number of aromatic nitrogens is 1. The minimum absolute atomic E-state index is 0.0755. The van der Waals surface area contributed by atoms with Gasteiger partial charge in [-0.05, 0) is 55.9 Å². The van der Waals surface area contributed by atoms with Crippen LogP contribution in [0.25, 0.3) is 0 Å². The minimum Gasteiger partial charge on any atom is -0.486 e. The number of benzene rings is 2. The Bertz CT molecular complexity index is 1060. The lowest BCUT2D eigenvalue weighted by molar-refractivity contribution is 0.0587. The first-order valence-corrected chi connectivity index (χ1v) is 12.4. The van der Waals surface area contributed by atoms with Gasteiger partial charge in [0.1, 0.15) is 18.5 Å². The van der Waals surface area contributed by atoms with Crippen molar-refractivity contribution < 1.29 is 18.9 Å². The highest BCUT2D eigenvalue weighted by Crippen LogP contribution is 2.31. The van der Waals surface area contributed by atoms with E-state index < -0.39 is 0 Å². The molecule has 2 aromatic carbocycles.